The maximum atomic E-state index is 13.0. The third-order valence-electron chi connectivity index (χ3n) is 3.03. The molecule has 0 aliphatic carbocycles. The Balaban J connectivity index is 2.53. The minimum absolute atomic E-state index is 0.0536. The van der Waals surface area contributed by atoms with Crippen LogP contribution in [-0.2, 0) is 0 Å². The fourth-order valence-electron chi connectivity index (χ4n) is 1.92. The van der Waals surface area contributed by atoms with Crippen LogP contribution in [-0.4, -0.2) is 39.5 Å². The predicted octanol–water partition coefficient (Wildman–Crippen LogP) is 2.25. The van der Waals surface area contributed by atoms with Gasteiger partial charge in [0.2, 0.25) is 0 Å². The van der Waals surface area contributed by atoms with Crippen LogP contribution in [0.4, 0.5) is 8.78 Å². The van der Waals surface area contributed by atoms with Gasteiger partial charge in [-0.2, -0.15) is 11.8 Å². The van der Waals surface area contributed by atoms with Crippen molar-refractivity contribution in [3.8, 4) is 0 Å². The molecule has 0 amide bonds. The average molecular weight is 306 g/mol. The van der Waals surface area contributed by atoms with Gasteiger partial charge in [-0.1, -0.05) is 0 Å². The Bertz CT molecular complexity index is 397. The Hall–Kier alpha value is -0.690. The summed E-state index contributed by atoms with van der Waals surface area (Å²) in [6.45, 7) is 0. The van der Waals surface area contributed by atoms with E-state index >= 15 is 0 Å². The normalized spacial score (nSPS) is 15.9. The van der Waals surface area contributed by atoms with Crippen LogP contribution in [0.25, 0.3) is 0 Å². The van der Waals surface area contributed by atoms with Gasteiger partial charge in [-0.25, -0.2) is 8.78 Å². The first-order chi connectivity index (χ1) is 9.43. The maximum absolute atomic E-state index is 13.0. The van der Waals surface area contributed by atoms with Gasteiger partial charge in [0.25, 0.3) is 0 Å². The van der Waals surface area contributed by atoms with Crippen LogP contribution in [0.1, 0.15) is 30.9 Å². The second kappa shape index (κ2) is 8.56. The number of thioether (sulfide) groups is 1. The van der Waals surface area contributed by atoms with Crippen LogP contribution < -0.4 is 0 Å². The van der Waals surface area contributed by atoms with Crippen molar-refractivity contribution in [2.24, 2.45) is 0 Å². The second-order valence-corrected chi connectivity index (χ2v) is 5.71. The molecule has 0 heterocycles. The summed E-state index contributed by atoms with van der Waals surface area (Å²) in [6, 6.07) is 2.74. The van der Waals surface area contributed by atoms with Gasteiger partial charge in [0.1, 0.15) is 11.6 Å². The smallest absolute Gasteiger partial charge is 0.126 e. The van der Waals surface area contributed by atoms with Gasteiger partial charge >= 0.3 is 0 Å². The largest absolute Gasteiger partial charge is 0.390 e. The number of aliphatic hydroxyl groups excluding tert-OH is 3. The van der Waals surface area contributed by atoms with Crippen molar-refractivity contribution < 1.29 is 24.1 Å². The molecule has 3 nitrogen and oxygen atoms in total. The molecule has 0 saturated carbocycles. The number of hydrogen-bond donors (Lipinski definition) is 3. The zero-order chi connectivity index (χ0) is 15.1. The molecule has 0 aliphatic rings. The number of halogens is 2. The van der Waals surface area contributed by atoms with Crippen molar-refractivity contribution in [2.45, 2.75) is 37.6 Å². The molecule has 0 spiro atoms. The first-order valence-electron chi connectivity index (χ1n) is 6.43. The third-order valence-corrected chi connectivity index (χ3v) is 3.72. The molecule has 0 bridgehead atoms. The summed E-state index contributed by atoms with van der Waals surface area (Å²) in [6.07, 6.45) is -0.330. The molecule has 20 heavy (non-hydrogen) atoms. The summed E-state index contributed by atoms with van der Waals surface area (Å²) >= 11 is 1.64. The Morgan fingerprint density at radius 3 is 2.20 bits per heavy atom. The maximum Gasteiger partial charge on any atom is 0.126 e. The van der Waals surface area contributed by atoms with Crippen molar-refractivity contribution in [2.75, 3.05) is 12.0 Å². The van der Waals surface area contributed by atoms with Crippen LogP contribution in [0.15, 0.2) is 18.2 Å². The first-order valence-corrected chi connectivity index (χ1v) is 7.82. The highest BCUT2D eigenvalue weighted by Gasteiger charge is 2.21. The molecule has 6 heteroatoms. The molecule has 0 fully saturated rings. The molecule has 3 unspecified atom stereocenters. The summed E-state index contributed by atoms with van der Waals surface area (Å²) in [5.74, 6) is -0.690. The van der Waals surface area contributed by atoms with E-state index in [1.54, 1.807) is 11.8 Å². The van der Waals surface area contributed by atoms with E-state index in [9.17, 15) is 24.1 Å². The van der Waals surface area contributed by atoms with Crippen LogP contribution in [0, 0.1) is 11.6 Å². The minimum Gasteiger partial charge on any atom is -0.390 e. The molecule has 0 radical (unpaired) electrons. The minimum atomic E-state index is -1.22. The van der Waals surface area contributed by atoms with E-state index < -0.39 is 29.9 Å². The van der Waals surface area contributed by atoms with Crippen LogP contribution in [0.2, 0.25) is 0 Å². The predicted molar refractivity (Wildman–Crippen MR) is 75.6 cm³/mol. The van der Waals surface area contributed by atoms with E-state index in [-0.39, 0.29) is 12.0 Å². The SMILES string of the molecule is CSCCCC(O)C(O)CC(O)c1cc(F)cc(F)c1. The molecule has 3 N–H and O–H groups in total. The fraction of sp³-hybridized carbons (Fsp3) is 0.571. The van der Waals surface area contributed by atoms with Gasteiger partial charge in [0.15, 0.2) is 0 Å². The number of aliphatic hydroxyl groups is 3. The van der Waals surface area contributed by atoms with Crippen LogP contribution in [0.3, 0.4) is 0 Å². The molecule has 1 rings (SSSR count). The standard InChI is InChI=1S/C14H20F2O3S/c1-20-4-2-3-12(17)14(19)8-13(18)9-5-10(15)7-11(16)6-9/h5-7,12-14,17-19H,2-4,8H2,1H3. The summed E-state index contributed by atoms with van der Waals surface area (Å²) in [7, 11) is 0. The molecule has 3 atom stereocenters. The Morgan fingerprint density at radius 1 is 1.05 bits per heavy atom. The lowest BCUT2D eigenvalue weighted by Gasteiger charge is -2.21. The second-order valence-electron chi connectivity index (χ2n) is 4.72. The highest BCUT2D eigenvalue weighted by Crippen LogP contribution is 2.22. The van der Waals surface area contributed by atoms with Gasteiger partial charge in [-0.15, -0.1) is 0 Å². The van der Waals surface area contributed by atoms with Crippen molar-refractivity contribution in [1.29, 1.82) is 0 Å². The molecule has 0 saturated heterocycles. The summed E-state index contributed by atoms with van der Waals surface area (Å²) < 4.78 is 26.0. The molecule has 1 aromatic rings. The molecular formula is C14H20F2O3S. The highest BCUT2D eigenvalue weighted by molar-refractivity contribution is 7.98. The van der Waals surface area contributed by atoms with E-state index in [1.807, 2.05) is 6.26 Å². The van der Waals surface area contributed by atoms with Crippen molar-refractivity contribution >= 4 is 11.8 Å². The lowest BCUT2D eigenvalue weighted by molar-refractivity contribution is -0.0162. The van der Waals surface area contributed by atoms with E-state index in [2.05, 4.69) is 0 Å². The molecule has 114 valence electrons. The zero-order valence-electron chi connectivity index (χ0n) is 11.3. The topological polar surface area (TPSA) is 60.7 Å². The van der Waals surface area contributed by atoms with Gasteiger partial charge in [0.05, 0.1) is 18.3 Å². The lowest BCUT2D eigenvalue weighted by atomic mass is 9.98. The third kappa shape index (κ3) is 5.75. The highest BCUT2D eigenvalue weighted by atomic mass is 32.2. The summed E-state index contributed by atoms with van der Waals surface area (Å²) in [5.41, 5.74) is 0.0536. The van der Waals surface area contributed by atoms with Crippen LogP contribution in [0.5, 0.6) is 0 Å². The van der Waals surface area contributed by atoms with E-state index in [0.717, 1.165) is 24.3 Å². The van der Waals surface area contributed by atoms with Crippen molar-refractivity contribution in [3.63, 3.8) is 0 Å². The van der Waals surface area contributed by atoms with Gasteiger partial charge in [-0.05, 0) is 42.5 Å². The van der Waals surface area contributed by atoms with Gasteiger partial charge in [0, 0.05) is 12.5 Å². The monoisotopic (exact) mass is 306 g/mol. The van der Waals surface area contributed by atoms with E-state index in [1.165, 1.54) is 0 Å². The zero-order valence-corrected chi connectivity index (χ0v) is 12.1. The summed E-state index contributed by atoms with van der Waals surface area (Å²) in [5, 5.41) is 29.4. The Kier molecular flexibility index (Phi) is 7.43. The van der Waals surface area contributed by atoms with E-state index in [4.69, 9.17) is 0 Å². The first kappa shape index (κ1) is 17.4. The number of rotatable bonds is 8. The van der Waals surface area contributed by atoms with Crippen LogP contribution >= 0.6 is 11.8 Å². The van der Waals surface area contributed by atoms with Crippen molar-refractivity contribution in [1.82, 2.24) is 0 Å². The lowest BCUT2D eigenvalue weighted by Crippen LogP contribution is -2.28. The average Bonchev–Trinajstić information content (AvgIpc) is 2.37. The molecule has 0 aliphatic heterocycles. The van der Waals surface area contributed by atoms with Gasteiger partial charge in [-0.3, -0.25) is 0 Å². The Morgan fingerprint density at radius 2 is 1.65 bits per heavy atom. The Labute approximate surface area is 121 Å². The molecular weight excluding hydrogens is 286 g/mol. The molecule has 0 aromatic heterocycles. The number of benzene rings is 1. The van der Waals surface area contributed by atoms with Gasteiger partial charge < -0.3 is 15.3 Å². The number of hydrogen-bond acceptors (Lipinski definition) is 4. The molecule has 1 aromatic carbocycles. The quantitative estimate of drug-likeness (QED) is 0.645. The van der Waals surface area contributed by atoms with E-state index in [0.29, 0.717) is 12.5 Å². The fourth-order valence-corrected chi connectivity index (χ4v) is 2.37. The summed E-state index contributed by atoms with van der Waals surface area (Å²) in [4.78, 5) is 0. The van der Waals surface area contributed by atoms with Crippen molar-refractivity contribution in [3.05, 3.63) is 35.4 Å².